The molecule has 2 aliphatic rings. The van der Waals surface area contributed by atoms with Crippen molar-refractivity contribution < 1.29 is 9.59 Å². The van der Waals surface area contributed by atoms with Gasteiger partial charge >= 0.3 is 0 Å². The summed E-state index contributed by atoms with van der Waals surface area (Å²) in [5.74, 6) is 0.169. The minimum atomic E-state index is -0.0842. The number of nitrogens with zero attached hydrogens (tertiary/aromatic N) is 2. The first-order valence-electron chi connectivity index (χ1n) is 9.17. The van der Waals surface area contributed by atoms with Crippen molar-refractivity contribution in [1.29, 1.82) is 0 Å². The third-order valence-electron chi connectivity index (χ3n) is 4.93. The van der Waals surface area contributed by atoms with Gasteiger partial charge in [-0.3, -0.25) is 19.4 Å². The highest BCUT2D eigenvalue weighted by atomic mass is 16.2. The molecule has 0 saturated carbocycles. The molecule has 1 fully saturated rings. The lowest BCUT2D eigenvalue weighted by Gasteiger charge is -2.38. The number of piperazine rings is 1. The second-order valence-corrected chi connectivity index (χ2v) is 7.24. The fraction of sp³-hybridized carbons (Fsp3) is 0.579. The molecular formula is C19H28N4O2. The molecule has 1 aromatic rings. The molecule has 6 nitrogen and oxygen atoms in total. The highest BCUT2D eigenvalue weighted by Gasteiger charge is 2.31. The largest absolute Gasteiger partial charge is 0.353 e. The standard InChI is InChI=1S/C19H28N4O2/c1-14(2)20-18(24)13-22-9-11-23(12-10-22)17-8-7-15-5-3-4-6-16(15)21-19(17)25/h3-6,14,17H,7-13H2,1-2H3,(H,20,24)(H,21,25). The number of hydrogen-bond donors (Lipinski definition) is 2. The van der Waals surface area contributed by atoms with Gasteiger partial charge in [0.05, 0.1) is 12.6 Å². The van der Waals surface area contributed by atoms with Gasteiger partial charge in [-0.1, -0.05) is 18.2 Å². The second kappa shape index (κ2) is 7.97. The molecule has 0 bridgehead atoms. The quantitative estimate of drug-likeness (QED) is 0.858. The number of carbonyl (C=O) groups is 2. The maximum absolute atomic E-state index is 12.6. The molecule has 3 rings (SSSR count). The molecule has 2 N–H and O–H groups in total. The van der Waals surface area contributed by atoms with E-state index in [1.807, 2.05) is 32.0 Å². The summed E-state index contributed by atoms with van der Waals surface area (Å²) in [4.78, 5) is 29.0. The van der Waals surface area contributed by atoms with Crippen LogP contribution >= 0.6 is 0 Å². The van der Waals surface area contributed by atoms with Gasteiger partial charge < -0.3 is 10.6 Å². The monoisotopic (exact) mass is 344 g/mol. The van der Waals surface area contributed by atoms with Crippen molar-refractivity contribution in [3.05, 3.63) is 29.8 Å². The van der Waals surface area contributed by atoms with E-state index in [0.717, 1.165) is 44.7 Å². The first kappa shape index (κ1) is 17.9. The zero-order valence-corrected chi connectivity index (χ0v) is 15.1. The van der Waals surface area contributed by atoms with Crippen molar-refractivity contribution in [2.75, 3.05) is 38.0 Å². The summed E-state index contributed by atoms with van der Waals surface area (Å²) >= 11 is 0. The van der Waals surface area contributed by atoms with Gasteiger partial charge in [0.2, 0.25) is 11.8 Å². The molecule has 0 spiro atoms. The van der Waals surface area contributed by atoms with Crippen molar-refractivity contribution >= 4 is 17.5 Å². The number of rotatable bonds is 4. The van der Waals surface area contributed by atoms with E-state index in [9.17, 15) is 9.59 Å². The van der Waals surface area contributed by atoms with E-state index >= 15 is 0 Å². The fourth-order valence-corrected chi connectivity index (χ4v) is 3.65. The van der Waals surface area contributed by atoms with Crippen LogP contribution in [-0.2, 0) is 16.0 Å². The van der Waals surface area contributed by atoms with E-state index in [0.29, 0.717) is 6.54 Å². The van der Waals surface area contributed by atoms with Crippen LogP contribution in [-0.4, -0.2) is 66.4 Å². The normalized spacial score (nSPS) is 22.2. The van der Waals surface area contributed by atoms with Gasteiger partial charge in [0.25, 0.3) is 0 Å². The summed E-state index contributed by atoms with van der Waals surface area (Å²) in [7, 11) is 0. The molecule has 6 heteroatoms. The van der Waals surface area contributed by atoms with E-state index in [1.165, 1.54) is 5.56 Å². The van der Waals surface area contributed by atoms with Crippen LogP contribution in [0.2, 0.25) is 0 Å². The average Bonchev–Trinajstić information content (AvgIpc) is 2.73. The lowest BCUT2D eigenvalue weighted by Crippen LogP contribution is -2.55. The van der Waals surface area contributed by atoms with Crippen LogP contribution in [0.5, 0.6) is 0 Å². The average molecular weight is 344 g/mol. The van der Waals surface area contributed by atoms with Gasteiger partial charge in [-0.25, -0.2) is 0 Å². The van der Waals surface area contributed by atoms with Crippen molar-refractivity contribution in [3.8, 4) is 0 Å². The molecule has 2 amide bonds. The summed E-state index contributed by atoms with van der Waals surface area (Å²) in [6.45, 7) is 7.67. The lowest BCUT2D eigenvalue weighted by atomic mass is 10.0. The molecule has 1 saturated heterocycles. The summed E-state index contributed by atoms with van der Waals surface area (Å²) in [6, 6.07) is 8.13. The maximum atomic E-state index is 12.6. The molecular weight excluding hydrogens is 316 g/mol. The Balaban J connectivity index is 1.53. The minimum Gasteiger partial charge on any atom is -0.353 e. The number of carbonyl (C=O) groups excluding carboxylic acids is 2. The minimum absolute atomic E-state index is 0.0751. The van der Waals surface area contributed by atoms with Gasteiger partial charge in [0.15, 0.2) is 0 Å². The molecule has 1 unspecified atom stereocenters. The molecule has 2 aliphatic heterocycles. The summed E-state index contributed by atoms with van der Waals surface area (Å²) in [6.07, 6.45) is 1.76. The number of benzene rings is 1. The summed E-state index contributed by atoms with van der Waals surface area (Å²) in [5.41, 5.74) is 2.15. The Morgan fingerprint density at radius 2 is 1.96 bits per heavy atom. The zero-order valence-electron chi connectivity index (χ0n) is 15.1. The van der Waals surface area contributed by atoms with Crippen LogP contribution in [0, 0.1) is 0 Å². The van der Waals surface area contributed by atoms with E-state index in [2.05, 4.69) is 26.5 Å². The Hall–Kier alpha value is -1.92. The number of hydrogen-bond acceptors (Lipinski definition) is 4. The molecule has 0 aromatic heterocycles. The first-order chi connectivity index (χ1) is 12.0. The van der Waals surface area contributed by atoms with Crippen LogP contribution in [0.15, 0.2) is 24.3 Å². The Bertz CT molecular complexity index is 624. The Morgan fingerprint density at radius 3 is 2.68 bits per heavy atom. The Morgan fingerprint density at radius 1 is 1.24 bits per heavy atom. The van der Waals surface area contributed by atoms with Crippen LogP contribution < -0.4 is 10.6 Å². The van der Waals surface area contributed by atoms with Crippen LogP contribution in [0.25, 0.3) is 0 Å². The van der Waals surface area contributed by atoms with Crippen LogP contribution in [0.4, 0.5) is 5.69 Å². The number of anilines is 1. The molecule has 0 radical (unpaired) electrons. The molecule has 2 heterocycles. The Labute approximate surface area is 149 Å². The van der Waals surface area contributed by atoms with Crippen LogP contribution in [0.3, 0.4) is 0 Å². The number of fused-ring (bicyclic) bond motifs is 1. The van der Waals surface area contributed by atoms with E-state index < -0.39 is 0 Å². The smallest absolute Gasteiger partial charge is 0.241 e. The lowest BCUT2D eigenvalue weighted by molar-refractivity contribution is -0.125. The predicted octanol–water partition coefficient (Wildman–Crippen LogP) is 1.08. The fourth-order valence-electron chi connectivity index (χ4n) is 3.65. The number of nitrogens with one attached hydrogen (secondary N) is 2. The second-order valence-electron chi connectivity index (χ2n) is 7.24. The first-order valence-corrected chi connectivity index (χ1v) is 9.17. The topological polar surface area (TPSA) is 64.7 Å². The number of para-hydroxylation sites is 1. The SMILES string of the molecule is CC(C)NC(=O)CN1CCN(C2CCc3ccccc3NC2=O)CC1. The zero-order chi connectivity index (χ0) is 17.8. The molecule has 25 heavy (non-hydrogen) atoms. The molecule has 1 atom stereocenters. The van der Waals surface area contributed by atoms with E-state index in [-0.39, 0.29) is 23.9 Å². The van der Waals surface area contributed by atoms with Crippen molar-refractivity contribution in [1.82, 2.24) is 15.1 Å². The predicted molar refractivity (Wildman–Crippen MR) is 98.5 cm³/mol. The Kier molecular flexibility index (Phi) is 5.71. The van der Waals surface area contributed by atoms with Gasteiger partial charge in [0.1, 0.15) is 0 Å². The maximum Gasteiger partial charge on any atom is 0.241 e. The highest BCUT2D eigenvalue weighted by Crippen LogP contribution is 2.24. The van der Waals surface area contributed by atoms with Gasteiger partial charge in [-0.2, -0.15) is 0 Å². The van der Waals surface area contributed by atoms with E-state index in [4.69, 9.17) is 0 Å². The summed E-state index contributed by atoms with van der Waals surface area (Å²) in [5, 5.41) is 6.01. The molecule has 0 aliphatic carbocycles. The third kappa shape index (κ3) is 4.58. The van der Waals surface area contributed by atoms with E-state index in [1.54, 1.807) is 0 Å². The van der Waals surface area contributed by atoms with Crippen LogP contribution in [0.1, 0.15) is 25.8 Å². The van der Waals surface area contributed by atoms with Crippen molar-refractivity contribution in [2.45, 2.75) is 38.8 Å². The van der Waals surface area contributed by atoms with Crippen molar-refractivity contribution in [3.63, 3.8) is 0 Å². The summed E-state index contributed by atoms with van der Waals surface area (Å²) < 4.78 is 0. The molecule has 136 valence electrons. The highest BCUT2D eigenvalue weighted by molar-refractivity contribution is 5.96. The van der Waals surface area contributed by atoms with Crippen molar-refractivity contribution in [2.24, 2.45) is 0 Å². The van der Waals surface area contributed by atoms with Gasteiger partial charge in [-0.05, 0) is 38.3 Å². The van der Waals surface area contributed by atoms with Gasteiger partial charge in [0, 0.05) is 37.9 Å². The third-order valence-corrected chi connectivity index (χ3v) is 4.93. The number of amides is 2. The molecule has 1 aromatic carbocycles. The van der Waals surface area contributed by atoms with Gasteiger partial charge in [-0.15, -0.1) is 0 Å². The number of aryl methyl sites for hydroxylation is 1.